The monoisotopic (exact) mass is 325 g/mol. The Morgan fingerprint density at radius 1 is 1.04 bits per heavy atom. The number of aryl methyl sites for hydroxylation is 1. The summed E-state index contributed by atoms with van der Waals surface area (Å²) in [5, 5.41) is 5.39. The van der Waals surface area contributed by atoms with Gasteiger partial charge in [0.05, 0.1) is 0 Å². The normalized spacial score (nSPS) is 10.5. The van der Waals surface area contributed by atoms with Crippen LogP contribution in [0.5, 0.6) is 5.75 Å². The van der Waals surface area contributed by atoms with Crippen LogP contribution in [0.3, 0.4) is 0 Å². The lowest BCUT2D eigenvalue weighted by atomic mass is 10.1. The number of amides is 1. The molecule has 0 aliphatic carbocycles. The fourth-order valence-electron chi connectivity index (χ4n) is 2.39. The van der Waals surface area contributed by atoms with Gasteiger partial charge < -0.3 is 10.1 Å². The Balaban J connectivity index is 1.73. The van der Waals surface area contributed by atoms with Crippen molar-refractivity contribution in [1.29, 1.82) is 0 Å². The van der Waals surface area contributed by atoms with Crippen molar-refractivity contribution in [2.45, 2.75) is 13.5 Å². The van der Waals surface area contributed by atoms with E-state index in [0.717, 1.165) is 21.9 Å². The summed E-state index contributed by atoms with van der Waals surface area (Å²) in [5.41, 5.74) is 1.88. The van der Waals surface area contributed by atoms with Gasteiger partial charge in [-0.3, -0.25) is 0 Å². The Kier molecular flexibility index (Phi) is 4.49. The fourth-order valence-corrected chi connectivity index (χ4v) is 2.52. The Bertz CT molecular complexity index is 844. The first kappa shape index (κ1) is 15.4. The zero-order valence-corrected chi connectivity index (χ0v) is 13.4. The lowest BCUT2D eigenvalue weighted by molar-refractivity contribution is 0.200. The molecule has 1 N–H and O–H groups in total. The molecule has 4 heteroatoms. The minimum absolute atomic E-state index is 0.389. The van der Waals surface area contributed by atoms with Crippen LogP contribution in [0.4, 0.5) is 4.79 Å². The molecule has 0 unspecified atom stereocenters. The number of carbonyl (C=O) groups excluding carboxylic acids is 1. The molecule has 0 bridgehead atoms. The summed E-state index contributed by atoms with van der Waals surface area (Å²) in [6.45, 7) is 2.31. The third-order valence-corrected chi connectivity index (χ3v) is 3.87. The van der Waals surface area contributed by atoms with Crippen molar-refractivity contribution in [2.75, 3.05) is 0 Å². The molecular formula is C19H16ClNO2. The van der Waals surface area contributed by atoms with Crippen molar-refractivity contribution in [1.82, 2.24) is 5.32 Å². The minimum atomic E-state index is -0.473. The first-order chi connectivity index (χ1) is 11.1. The molecule has 0 atom stereocenters. The van der Waals surface area contributed by atoms with Gasteiger partial charge >= 0.3 is 6.09 Å². The molecule has 23 heavy (non-hydrogen) atoms. The average molecular weight is 326 g/mol. The molecule has 0 heterocycles. The van der Waals surface area contributed by atoms with Crippen LogP contribution < -0.4 is 10.1 Å². The van der Waals surface area contributed by atoms with E-state index >= 15 is 0 Å². The molecule has 116 valence electrons. The lowest BCUT2D eigenvalue weighted by Gasteiger charge is -2.11. The van der Waals surface area contributed by atoms with E-state index in [0.29, 0.717) is 17.3 Å². The average Bonchev–Trinajstić information content (AvgIpc) is 2.57. The molecule has 3 aromatic carbocycles. The molecule has 0 saturated carbocycles. The molecule has 3 rings (SSSR count). The van der Waals surface area contributed by atoms with Crippen molar-refractivity contribution in [3.8, 4) is 5.75 Å². The van der Waals surface area contributed by atoms with Crippen LogP contribution in [0.15, 0.2) is 60.7 Å². The number of fused-ring (bicyclic) bond motifs is 1. The Morgan fingerprint density at radius 2 is 1.78 bits per heavy atom. The van der Waals surface area contributed by atoms with Crippen LogP contribution in [0.25, 0.3) is 10.8 Å². The summed E-state index contributed by atoms with van der Waals surface area (Å²) < 4.78 is 5.53. The Morgan fingerprint density at radius 3 is 2.57 bits per heavy atom. The van der Waals surface area contributed by atoms with Gasteiger partial charge in [-0.05, 0) is 35.6 Å². The predicted octanol–water partition coefficient (Wildman–Crippen LogP) is 5.09. The molecule has 0 saturated heterocycles. The van der Waals surface area contributed by atoms with Crippen molar-refractivity contribution in [3.63, 3.8) is 0 Å². The molecule has 0 fully saturated rings. The summed E-state index contributed by atoms with van der Waals surface area (Å²) in [5.74, 6) is 0.594. The van der Waals surface area contributed by atoms with Gasteiger partial charge in [-0.1, -0.05) is 60.1 Å². The second-order valence-corrected chi connectivity index (χ2v) is 5.74. The highest BCUT2D eigenvalue weighted by Gasteiger charge is 2.10. The van der Waals surface area contributed by atoms with Crippen LogP contribution in [0, 0.1) is 6.92 Å². The topological polar surface area (TPSA) is 38.3 Å². The van der Waals surface area contributed by atoms with Gasteiger partial charge in [0.15, 0.2) is 0 Å². The van der Waals surface area contributed by atoms with Gasteiger partial charge in [-0.25, -0.2) is 4.79 Å². The minimum Gasteiger partial charge on any atom is -0.409 e. The third-order valence-electron chi connectivity index (χ3n) is 3.62. The highest BCUT2D eigenvalue weighted by atomic mass is 35.5. The molecular weight excluding hydrogens is 310 g/mol. The fraction of sp³-hybridized carbons (Fsp3) is 0.105. The first-order valence-electron chi connectivity index (χ1n) is 7.32. The zero-order valence-electron chi connectivity index (χ0n) is 12.7. The summed E-state index contributed by atoms with van der Waals surface area (Å²) in [7, 11) is 0. The number of rotatable bonds is 3. The number of benzene rings is 3. The van der Waals surface area contributed by atoms with Gasteiger partial charge in [-0.15, -0.1) is 0 Å². The summed E-state index contributed by atoms with van der Waals surface area (Å²) >= 11 is 5.84. The lowest BCUT2D eigenvalue weighted by Crippen LogP contribution is -2.26. The number of ether oxygens (including phenoxy) is 1. The molecule has 0 spiro atoms. The van der Waals surface area contributed by atoms with Crippen molar-refractivity contribution in [2.24, 2.45) is 0 Å². The second-order valence-electron chi connectivity index (χ2n) is 5.30. The number of hydrogen-bond donors (Lipinski definition) is 1. The summed E-state index contributed by atoms with van der Waals surface area (Å²) in [6, 6.07) is 19.1. The predicted molar refractivity (Wildman–Crippen MR) is 93.0 cm³/mol. The number of carbonyl (C=O) groups is 1. The van der Waals surface area contributed by atoms with Gasteiger partial charge in [0.2, 0.25) is 0 Å². The largest absolute Gasteiger partial charge is 0.412 e. The van der Waals surface area contributed by atoms with Crippen LogP contribution in [-0.2, 0) is 6.54 Å². The van der Waals surface area contributed by atoms with E-state index in [1.54, 1.807) is 12.1 Å². The van der Waals surface area contributed by atoms with E-state index in [9.17, 15) is 4.79 Å². The van der Waals surface area contributed by atoms with Crippen LogP contribution in [0.1, 0.15) is 11.1 Å². The number of nitrogens with one attached hydrogen (secondary N) is 1. The summed E-state index contributed by atoms with van der Waals surface area (Å²) in [6.07, 6.45) is -0.473. The highest BCUT2D eigenvalue weighted by Crippen LogP contribution is 2.29. The Hall–Kier alpha value is -2.52. The SMILES string of the molecule is Cc1ccc2ccccc2c1OC(=O)NCc1ccc(Cl)cc1. The maximum Gasteiger partial charge on any atom is 0.412 e. The Labute approximate surface area is 139 Å². The van der Waals surface area contributed by atoms with E-state index in [1.807, 2.05) is 55.5 Å². The second kappa shape index (κ2) is 6.71. The zero-order chi connectivity index (χ0) is 16.2. The number of hydrogen-bond acceptors (Lipinski definition) is 2. The standard InChI is InChI=1S/C19H16ClNO2/c1-13-6-9-15-4-2-3-5-17(15)18(13)23-19(22)21-12-14-7-10-16(20)11-8-14/h2-11H,12H2,1H3,(H,21,22). The van der Waals surface area contributed by atoms with E-state index in [1.165, 1.54) is 0 Å². The molecule has 0 aliphatic rings. The summed E-state index contributed by atoms with van der Waals surface area (Å²) in [4.78, 5) is 12.1. The first-order valence-corrected chi connectivity index (χ1v) is 7.70. The molecule has 0 aromatic heterocycles. The van der Waals surface area contributed by atoms with E-state index in [-0.39, 0.29) is 0 Å². The van der Waals surface area contributed by atoms with Gasteiger partial charge in [0, 0.05) is 17.0 Å². The van der Waals surface area contributed by atoms with E-state index < -0.39 is 6.09 Å². The third kappa shape index (κ3) is 3.63. The highest BCUT2D eigenvalue weighted by molar-refractivity contribution is 6.30. The van der Waals surface area contributed by atoms with Gasteiger partial charge in [0.1, 0.15) is 5.75 Å². The van der Waals surface area contributed by atoms with Crippen LogP contribution in [-0.4, -0.2) is 6.09 Å². The molecule has 3 nitrogen and oxygen atoms in total. The maximum atomic E-state index is 12.1. The van der Waals surface area contributed by atoms with Crippen molar-refractivity contribution in [3.05, 3.63) is 76.8 Å². The van der Waals surface area contributed by atoms with Gasteiger partial charge in [0.25, 0.3) is 0 Å². The molecule has 0 aliphatic heterocycles. The van der Waals surface area contributed by atoms with Crippen molar-refractivity contribution >= 4 is 28.5 Å². The van der Waals surface area contributed by atoms with Crippen LogP contribution >= 0.6 is 11.6 Å². The van der Waals surface area contributed by atoms with Crippen LogP contribution in [0.2, 0.25) is 5.02 Å². The number of halogens is 1. The smallest absolute Gasteiger partial charge is 0.409 e. The van der Waals surface area contributed by atoms with Crippen molar-refractivity contribution < 1.29 is 9.53 Å². The maximum absolute atomic E-state index is 12.1. The molecule has 3 aromatic rings. The van der Waals surface area contributed by atoms with E-state index in [4.69, 9.17) is 16.3 Å². The molecule has 1 amide bonds. The molecule has 0 radical (unpaired) electrons. The van der Waals surface area contributed by atoms with E-state index in [2.05, 4.69) is 5.32 Å². The van der Waals surface area contributed by atoms with Gasteiger partial charge in [-0.2, -0.15) is 0 Å². The quantitative estimate of drug-likeness (QED) is 0.728.